The molecule has 1 heterocycles. The molecule has 2 rings (SSSR count). The average molecular weight is 354 g/mol. The summed E-state index contributed by atoms with van der Waals surface area (Å²) in [4.78, 5) is 23.8. The van der Waals surface area contributed by atoms with E-state index in [1.54, 1.807) is 23.6 Å². The van der Waals surface area contributed by atoms with Gasteiger partial charge in [-0.05, 0) is 41.1 Å². The monoisotopic (exact) mass is 353 g/mol. The minimum atomic E-state index is -0.476. The molecule has 0 spiro atoms. The molecule has 4 nitrogen and oxygen atoms in total. The second-order valence-corrected chi connectivity index (χ2v) is 6.42. The number of carbonyl (C=O) groups excluding carboxylic acids is 2. The summed E-state index contributed by atoms with van der Waals surface area (Å²) in [7, 11) is 1.31. The van der Waals surface area contributed by atoms with Crippen LogP contribution in [0.1, 0.15) is 26.3 Å². The maximum Gasteiger partial charge on any atom is 0.339 e. The highest BCUT2D eigenvalue weighted by Gasteiger charge is 2.15. The molecule has 0 bridgehead atoms. The Kier molecular flexibility index (Phi) is 4.57. The van der Waals surface area contributed by atoms with Gasteiger partial charge in [0.2, 0.25) is 0 Å². The zero-order valence-corrected chi connectivity index (χ0v) is 13.3. The van der Waals surface area contributed by atoms with E-state index in [4.69, 9.17) is 4.74 Å². The van der Waals surface area contributed by atoms with Crippen molar-refractivity contribution in [2.45, 2.75) is 6.92 Å². The first-order chi connectivity index (χ1) is 9.51. The molecule has 0 aliphatic heterocycles. The number of esters is 1. The summed E-state index contributed by atoms with van der Waals surface area (Å²) in [5.74, 6) is -0.739. The molecular weight excluding hydrogens is 342 g/mol. The van der Waals surface area contributed by atoms with E-state index >= 15 is 0 Å². The number of benzene rings is 1. The summed E-state index contributed by atoms with van der Waals surface area (Å²) in [5, 5.41) is 4.47. The number of ether oxygens (including phenoxy) is 1. The minimum absolute atomic E-state index is 0.263. The molecule has 20 heavy (non-hydrogen) atoms. The molecule has 0 fully saturated rings. The molecular formula is C14H12BrNO3S. The minimum Gasteiger partial charge on any atom is -0.465 e. The average Bonchev–Trinajstić information content (AvgIpc) is 2.86. The number of hydrogen-bond acceptors (Lipinski definition) is 4. The van der Waals surface area contributed by atoms with Gasteiger partial charge in [-0.25, -0.2) is 4.79 Å². The molecule has 0 aliphatic carbocycles. The van der Waals surface area contributed by atoms with Crippen LogP contribution in [0, 0.1) is 6.92 Å². The number of carbonyl (C=O) groups is 2. The Morgan fingerprint density at radius 3 is 2.65 bits per heavy atom. The van der Waals surface area contributed by atoms with Crippen LogP contribution in [0.25, 0.3) is 0 Å². The predicted molar refractivity (Wildman–Crippen MR) is 82.5 cm³/mol. The summed E-state index contributed by atoms with van der Waals surface area (Å²) < 4.78 is 5.60. The van der Waals surface area contributed by atoms with E-state index in [0.29, 0.717) is 16.8 Å². The van der Waals surface area contributed by atoms with Crippen LogP contribution < -0.4 is 5.32 Å². The standard InChI is InChI=1S/C14H12BrNO3S/c1-8-3-4-11(10(5-8)14(18)19-2)16-13(17)9-6-12(15)20-7-9/h3-7H,1-2H3,(H,16,17). The summed E-state index contributed by atoms with van der Waals surface area (Å²) in [5.41, 5.74) is 2.24. The molecule has 2 aromatic rings. The molecule has 0 unspecified atom stereocenters. The zero-order chi connectivity index (χ0) is 14.7. The highest BCUT2D eigenvalue weighted by atomic mass is 79.9. The number of thiophene rings is 1. The number of nitrogens with one attached hydrogen (secondary N) is 1. The lowest BCUT2D eigenvalue weighted by Gasteiger charge is -2.10. The van der Waals surface area contributed by atoms with Gasteiger partial charge in [-0.15, -0.1) is 11.3 Å². The van der Waals surface area contributed by atoms with Gasteiger partial charge in [-0.1, -0.05) is 11.6 Å². The lowest BCUT2D eigenvalue weighted by Crippen LogP contribution is -2.15. The maximum atomic E-state index is 12.1. The normalized spacial score (nSPS) is 10.2. The second-order valence-electron chi connectivity index (χ2n) is 4.13. The number of rotatable bonds is 3. The first-order valence-corrected chi connectivity index (χ1v) is 7.43. The van der Waals surface area contributed by atoms with E-state index in [1.165, 1.54) is 18.4 Å². The van der Waals surface area contributed by atoms with Crippen LogP contribution in [0.5, 0.6) is 0 Å². The van der Waals surface area contributed by atoms with E-state index in [0.717, 1.165) is 9.35 Å². The van der Waals surface area contributed by atoms with Crippen molar-refractivity contribution in [3.8, 4) is 0 Å². The van der Waals surface area contributed by atoms with Crippen LogP contribution in [0.4, 0.5) is 5.69 Å². The Balaban J connectivity index is 2.29. The van der Waals surface area contributed by atoms with Gasteiger partial charge in [0.15, 0.2) is 0 Å². The van der Waals surface area contributed by atoms with Crippen LogP contribution in [-0.2, 0) is 4.74 Å². The van der Waals surface area contributed by atoms with Crippen molar-refractivity contribution in [3.63, 3.8) is 0 Å². The largest absolute Gasteiger partial charge is 0.465 e. The van der Waals surface area contributed by atoms with E-state index < -0.39 is 5.97 Å². The predicted octanol–water partition coefficient (Wildman–Crippen LogP) is 3.86. The third-order valence-corrected chi connectivity index (χ3v) is 4.16. The highest BCUT2D eigenvalue weighted by Crippen LogP contribution is 2.23. The third kappa shape index (κ3) is 3.26. The fourth-order valence-electron chi connectivity index (χ4n) is 1.67. The van der Waals surface area contributed by atoms with E-state index in [-0.39, 0.29) is 5.91 Å². The number of hydrogen-bond donors (Lipinski definition) is 1. The van der Waals surface area contributed by atoms with Crippen LogP contribution in [-0.4, -0.2) is 19.0 Å². The molecule has 104 valence electrons. The molecule has 1 N–H and O–H groups in total. The molecule has 0 radical (unpaired) electrons. The molecule has 0 atom stereocenters. The first kappa shape index (κ1) is 14.7. The summed E-state index contributed by atoms with van der Waals surface area (Å²) >= 11 is 4.73. The van der Waals surface area contributed by atoms with Gasteiger partial charge < -0.3 is 10.1 Å². The maximum absolute atomic E-state index is 12.1. The second kappa shape index (κ2) is 6.19. The zero-order valence-electron chi connectivity index (χ0n) is 10.9. The van der Waals surface area contributed by atoms with Gasteiger partial charge in [0.25, 0.3) is 5.91 Å². The Morgan fingerprint density at radius 2 is 2.05 bits per heavy atom. The van der Waals surface area contributed by atoms with Gasteiger partial charge in [0.05, 0.1) is 27.7 Å². The van der Waals surface area contributed by atoms with Crippen molar-refractivity contribution in [1.29, 1.82) is 0 Å². The van der Waals surface area contributed by atoms with Crippen LogP contribution in [0.15, 0.2) is 33.4 Å². The van der Waals surface area contributed by atoms with E-state index in [9.17, 15) is 9.59 Å². The lowest BCUT2D eigenvalue weighted by atomic mass is 10.1. The number of aryl methyl sites for hydroxylation is 1. The number of amides is 1. The van der Waals surface area contributed by atoms with Crippen LogP contribution in [0.3, 0.4) is 0 Å². The smallest absolute Gasteiger partial charge is 0.339 e. The van der Waals surface area contributed by atoms with Crippen molar-refractivity contribution >= 4 is 44.8 Å². The van der Waals surface area contributed by atoms with Gasteiger partial charge in [-0.2, -0.15) is 0 Å². The third-order valence-electron chi connectivity index (χ3n) is 2.66. The van der Waals surface area contributed by atoms with Gasteiger partial charge >= 0.3 is 5.97 Å². The SMILES string of the molecule is COC(=O)c1cc(C)ccc1NC(=O)c1csc(Br)c1. The molecule has 0 saturated heterocycles. The fraction of sp³-hybridized carbons (Fsp3) is 0.143. The summed E-state index contributed by atoms with van der Waals surface area (Å²) in [6, 6.07) is 6.93. The topological polar surface area (TPSA) is 55.4 Å². The van der Waals surface area contributed by atoms with Gasteiger partial charge in [-0.3, -0.25) is 4.79 Å². The van der Waals surface area contributed by atoms with Crippen molar-refractivity contribution in [2.75, 3.05) is 12.4 Å². The molecule has 0 aliphatic rings. The molecule has 1 aromatic heterocycles. The Labute approximate surface area is 128 Å². The quantitative estimate of drug-likeness (QED) is 0.852. The van der Waals surface area contributed by atoms with Crippen molar-refractivity contribution in [2.24, 2.45) is 0 Å². The first-order valence-electron chi connectivity index (χ1n) is 5.75. The van der Waals surface area contributed by atoms with E-state index in [2.05, 4.69) is 21.2 Å². The van der Waals surface area contributed by atoms with Crippen molar-refractivity contribution in [3.05, 3.63) is 50.1 Å². The van der Waals surface area contributed by atoms with Crippen molar-refractivity contribution in [1.82, 2.24) is 0 Å². The van der Waals surface area contributed by atoms with Gasteiger partial charge in [0, 0.05) is 5.38 Å². The Hall–Kier alpha value is -1.66. The number of anilines is 1. The van der Waals surface area contributed by atoms with E-state index in [1.807, 2.05) is 13.0 Å². The molecule has 1 aromatic carbocycles. The fourth-order valence-corrected chi connectivity index (χ4v) is 2.81. The summed E-state index contributed by atoms with van der Waals surface area (Å²) in [6.45, 7) is 1.87. The van der Waals surface area contributed by atoms with Gasteiger partial charge in [0.1, 0.15) is 0 Å². The molecule has 0 saturated carbocycles. The number of halogens is 1. The number of methoxy groups -OCH3 is 1. The lowest BCUT2D eigenvalue weighted by molar-refractivity contribution is 0.0602. The highest BCUT2D eigenvalue weighted by molar-refractivity contribution is 9.11. The van der Waals surface area contributed by atoms with Crippen LogP contribution in [0.2, 0.25) is 0 Å². The Bertz CT molecular complexity index is 666. The van der Waals surface area contributed by atoms with Crippen molar-refractivity contribution < 1.29 is 14.3 Å². The molecule has 6 heteroatoms. The van der Waals surface area contributed by atoms with Crippen LogP contribution >= 0.6 is 27.3 Å². The summed E-state index contributed by atoms with van der Waals surface area (Å²) in [6.07, 6.45) is 0. The Morgan fingerprint density at radius 1 is 1.30 bits per heavy atom. The molecule has 1 amide bonds.